The Morgan fingerprint density at radius 3 is 2.65 bits per heavy atom. The summed E-state index contributed by atoms with van der Waals surface area (Å²) in [7, 11) is 3.60. The minimum Gasteiger partial charge on any atom is -0.325 e. The highest BCUT2D eigenvalue weighted by atomic mass is 32.2. The number of likely N-dealkylation sites (N-methyl/N-ethyl adjacent to an activating group) is 1. The number of anilines is 2. The van der Waals surface area contributed by atoms with Gasteiger partial charge in [-0.1, -0.05) is 6.07 Å². The Balaban J connectivity index is 2.65. The zero-order chi connectivity index (χ0) is 12.8. The van der Waals surface area contributed by atoms with Gasteiger partial charge >= 0.3 is 0 Å². The van der Waals surface area contributed by atoms with Gasteiger partial charge in [0.15, 0.2) is 0 Å². The van der Waals surface area contributed by atoms with Gasteiger partial charge in [-0.2, -0.15) is 0 Å². The van der Waals surface area contributed by atoms with Crippen LogP contribution in [0.1, 0.15) is 0 Å². The normalized spacial score (nSPS) is 12.2. The quantitative estimate of drug-likeness (QED) is 0.679. The molecular weight excluding hydrogens is 242 g/mol. The summed E-state index contributed by atoms with van der Waals surface area (Å²) in [6.07, 6.45) is 0. The molecule has 0 aliphatic carbocycles. The van der Waals surface area contributed by atoms with Crippen molar-refractivity contribution in [2.75, 3.05) is 30.7 Å². The predicted molar refractivity (Wildman–Crippen MR) is 68.0 cm³/mol. The number of carbonyl (C=O) groups is 1. The highest BCUT2D eigenvalue weighted by Gasteiger charge is 2.04. The van der Waals surface area contributed by atoms with Gasteiger partial charge in [0.2, 0.25) is 5.91 Å². The first-order chi connectivity index (χ1) is 7.97. The minimum atomic E-state index is -2.12. The van der Waals surface area contributed by atoms with Crippen LogP contribution in [0.2, 0.25) is 0 Å². The van der Waals surface area contributed by atoms with Crippen molar-refractivity contribution in [2.24, 2.45) is 0 Å². The molecule has 1 amide bonds. The lowest BCUT2D eigenvalue weighted by atomic mass is 10.3. The molecule has 0 bridgehead atoms. The molecule has 1 atom stereocenters. The van der Waals surface area contributed by atoms with Gasteiger partial charge in [0.05, 0.1) is 12.2 Å². The van der Waals surface area contributed by atoms with Crippen LogP contribution in [0.25, 0.3) is 0 Å². The second-order valence-corrected chi connectivity index (χ2v) is 4.42. The molecule has 0 saturated carbocycles. The van der Waals surface area contributed by atoms with Crippen LogP contribution in [0.4, 0.5) is 11.4 Å². The zero-order valence-corrected chi connectivity index (χ0v) is 10.5. The second kappa shape index (κ2) is 6.33. The summed E-state index contributed by atoms with van der Waals surface area (Å²) in [6, 6.07) is 6.61. The highest BCUT2D eigenvalue weighted by molar-refractivity contribution is 7.80. The van der Waals surface area contributed by atoms with Crippen LogP contribution in [0, 0.1) is 0 Å². The van der Waals surface area contributed by atoms with E-state index in [9.17, 15) is 9.00 Å². The minimum absolute atomic E-state index is 0.141. The Morgan fingerprint density at radius 2 is 2.06 bits per heavy atom. The van der Waals surface area contributed by atoms with Gasteiger partial charge in [-0.05, 0) is 32.3 Å². The van der Waals surface area contributed by atoms with Crippen LogP contribution in [0.15, 0.2) is 24.3 Å². The molecule has 1 unspecified atom stereocenters. The fourth-order valence-electron chi connectivity index (χ4n) is 1.25. The molecule has 0 fully saturated rings. The van der Waals surface area contributed by atoms with E-state index in [0.29, 0.717) is 11.4 Å². The number of nitrogens with zero attached hydrogens (tertiary/aromatic N) is 1. The molecule has 0 saturated heterocycles. The second-order valence-electron chi connectivity index (χ2n) is 3.72. The molecule has 17 heavy (non-hydrogen) atoms. The Morgan fingerprint density at radius 1 is 1.41 bits per heavy atom. The zero-order valence-electron chi connectivity index (χ0n) is 9.64. The van der Waals surface area contributed by atoms with Gasteiger partial charge in [-0.25, -0.2) is 4.21 Å². The van der Waals surface area contributed by atoms with E-state index >= 15 is 0 Å². The number of nitrogens with one attached hydrogen (secondary N) is 2. The third-order valence-corrected chi connectivity index (χ3v) is 2.22. The molecule has 0 spiro atoms. The summed E-state index contributed by atoms with van der Waals surface area (Å²) in [4.78, 5) is 13.2. The maximum absolute atomic E-state index is 11.5. The van der Waals surface area contributed by atoms with Crippen LogP contribution in [0.5, 0.6) is 0 Å². The Hall–Kier alpha value is -1.44. The third-order valence-electron chi connectivity index (χ3n) is 1.81. The molecule has 0 heterocycles. The molecule has 0 aromatic heterocycles. The van der Waals surface area contributed by atoms with Crippen LogP contribution < -0.4 is 10.0 Å². The van der Waals surface area contributed by atoms with Crippen molar-refractivity contribution in [2.45, 2.75) is 0 Å². The molecular formula is C10H15N3O3S. The first kappa shape index (κ1) is 13.6. The Labute approximate surface area is 102 Å². The van der Waals surface area contributed by atoms with Crippen molar-refractivity contribution < 1.29 is 13.6 Å². The molecule has 1 aromatic rings. The predicted octanol–water partition coefficient (Wildman–Crippen LogP) is 0.735. The molecule has 6 nitrogen and oxygen atoms in total. The summed E-state index contributed by atoms with van der Waals surface area (Å²) in [5, 5.41) is 2.69. The Kier molecular flexibility index (Phi) is 5.08. The van der Waals surface area contributed by atoms with Crippen LogP contribution >= 0.6 is 0 Å². The number of hydrogen-bond acceptors (Lipinski definition) is 3. The van der Waals surface area contributed by atoms with Gasteiger partial charge in [-0.15, -0.1) is 0 Å². The monoisotopic (exact) mass is 257 g/mol. The molecule has 3 N–H and O–H groups in total. The SMILES string of the molecule is CN(C)CC(=O)Nc1cccc(NS(=O)O)c1. The lowest BCUT2D eigenvalue weighted by Gasteiger charge is -2.10. The van der Waals surface area contributed by atoms with Crippen molar-refractivity contribution in [3.63, 3.8) is 0 Å². The number of hydrogen-bond donors (Lipinski definition) is 3. The summed E-state index contributed by atoms with van der Waals surface area (Å²) in [5.41, 5.74) is 1.04. The summed E-state index contributed by atoms with van der Waals surface area (Å²) in [6.45, 7) is 0.281. The van der Waals surface area contributed by atoms with E-state index in [1.807, 2.05) is 0 Å². The topological polar surface area (TPSA) is 81.7 Å². The van der Waals surface area contributed by atoms with Crippen LogP contribution in [-0.2, 0) is 16.1 Å². The fourth-order valence-corrected chi connectivity index (χ4v) is 1.58. The maximum atomic E-state index is 11.5. The van der Waals surface area contributed by atoms with E-state index < -0.39 is 11.3 Å². The van der Waals surface area contributed by atoms with E-state index in [2.05, 4.69) is 10.0 Å². The van der Waals surface area contributed by atoms with Gasteiger partial charge in [0.1, 0.15) is 0 Å². The van der Waals surface area contributed by atoms with E-state index in [0.717, 1.165) is 0 Å². The van der Waals surface area contributed by atoms with E-state index in [1.54, 1.807) is 43.3 Å². The average molecular weight is 257 g/mol. The summed E-state index contributed by atoms with van der Waals surface area (Å²) >= 11 is -2.12. The lowest BCUT2D eigenvalue weighted by molar-refractivity contribution is -0.116. The van der Waals surface area contributed by atoms with Gasteiger partial charge in [0.25, 0.3) is 11.3 Å². The number of carbonyl (C=O) groups excluding carboxylic acids is 1. The number of benzene rings is 1. The maximum Gasteiger partial charge on any atom is 0.259 e. The third kappa shape index (κ3) is 5.43. The van der Waals surface area contributed by atoms with Crippen molar-refractivity contribution in [3.8, 4) is 0 Å². The smallest absolute Gasteiger partial charge is 0.259 e. The average Bonchev–Trinajstić information content (AvgIpc) is 2.14. The van der Waals surface area contributed by atoms with Crippen LogP contribution in [-0.4, -0.2) is 40.2 Å². The van der Waals surface area contributed by atoms with Crippen LogP contribution in [0.3, 0.4) is 0 Å². The molecule has 94 valence electrons. The van der Waals surface area contributed by atoms with Crippen molar-refractivity contribution >= 4 is 28.5 Å². The molecule has 0 aliphatic heterocycles. The largest absolute Gasteiger partial charge is 0.325 e. The fraction of sp³-hybridized carbons (Fsp3) is 0.300. The molecule has 1 rings (SSSR count). The van der Waals surface area contributed by atoms with Gasteiger partial charge in [0, 0.05) is 5.69 Å². The Bertz CT molecular complexity index is 423. The van der Waals surface area contributed by atoms with Crippen molar-refractivity contribution in [3.05, 3.63) is 24.3 Å². The van der Waals surface area contributed by atoms with Crippen molar-refractivity contribution in [1.82, 2.24) is 4.90 Å². The summed E-state index contributed by atoms with van der Waals surface area (Å²) in [5.74, 6) is -0.141. The molecule has 7 heteroatoms. The van der Waals surface area contributed by atoms with Gasteiger partial charge < -0.3 is 10.2 Å². The molecule has 1 aromatic carbocycles. The lowest BCUT2D eigenvalue weighted by Crippen LogP contribution is -2.27. The van der Waals surface area contributed by atoms with E-state index in [4.69, 9.17) is 4.55 Å². The van der Waals surface area contributed by atoms with Gasteiger partial charge in [-0.3, -0.25) is 14.1 Å². The van der Waals surface area contributed by atoms with E-state index in [-0.39, 0.29) is 12.5 Å². The molecule has 0 aliphatic rings. The first-order valence-electron chi connectivity index (χ1n) is 4.89. The molecule has 0 radical (unpaired) electrons. The first-order valence-corrected chi connectivity index (χ1v) is 6.00. The standard InChI is InChI=1S/C10H15N3O3S/c1-13(2)7-10(14)11-8-4-3-5-9(6-8)12-17(15)16/h3-6,12H,7H2,1-2H3,(H,11,14)(H,15,16). The number of rotatable bonds is 5. The number of amides is 1. The van der Waals surface area contributed by atoms with E-state index in [1.165, 1.54) is 0 Å². The summed E-state index contributed by atoms with van der Waals surface area (Å²) < 4.78 is 21.5. The van der Waals surface area contributed by atoms with Crippen molar-refractivity contribution in [1.29, 1.82) is 0 Å². The highest BCUT2D eigenvalue weighted by Crippen LogP contribution is 2.15.